The smallest absolute Gasteiger partial charge is 0.253 e. The standard InChI is InChI=1S/C28H32N6O.C25H25N5O2.C24H21N5O2/c1-20(2)32-16-18-33(19-17-32)25-10-8-24(9-11-25)31-26-12-13-27(34-15-14-29-28(26)34)22-4-6-23(7-5-22)30-21(3)35;1-18(31)27-20-4-2-19(3-5-20)24-11-10-23(25-26-12-13-30(24)25)28-21-6-8-22(9-7-21)29-14-16-32-17-15-29;1-28(2)24(31)15-3-6-18(7-4-15)27-20-9-10-21(29-12-11-25-22(20)29)16-5-8-19-17(13-16)14-26-23(19)30/h4-15,20,31H,16-19H2,1-3H3,(H,30,35);2-13,28H,14-17H2,1H3,(H,27,31);3-13,27H,14H2,1-2H3,(H,26,30). The Labute approximate surface area is 568 Å². The zero-order valence-electron chi connectivity index (χ0n) is 55.7. The number of carbonyl (C=O) groups excluding carboxylic acids is 4. The number of hydrogen-bond acceptors (Lipinski definition) is 14. The lowest BCUT2D eigenvalue weighted by atomic mass is 10.0. The molecule has 98 heavy (non-hydrogen) atoms. The number of aromatic nitrogens is 6. The second kappa shape index (κ2) is 29.0. The predicted molar refractivity (Wildman–Crippen MR) is 391 cm³/mol. The Morgan fingerprint density at radius 1 is 0.480 bits per heavy atom. The first-order valence-electron chi connectivity index (χ1n) is 32.9. The molecule has 3 aliphatic rings. The van der Waals surface area contributed by atoms with E-state index in [1.807, 2.05) is 126 Å². The summed E-state index contributed by atoms with van der Waals surface area (Å²) in [5.74, 6) is -0.208. The van der Waals surface area contributed by atoms with Gasteiger partial charge in [0.05, 0.1) is 47.4 Å². The Kier molecular flexibility index (Phi) is 19.2. The van der Waals surface area contributed by atoms with E-state index in [1.54, 1.807) is 31.4 Å². The van der Waals surface area contributed by atoms with E-state index in [1.165, 1.54) is 25.2 Å². The summed E-state index contributed by atoms with van der Waals surface area (Å²) in [5, 5.41) is 18.9. The SMILES string of the molecule is CC(=O)Nc1ccc(-c2ccc(Nc3ccc(N4CCN(C(C)C)CC4)cc3)c3nccn23)cc1.CC(=O)Nc1ccc(-c2ccc(Nc3ccc(N4CCOCC4)cc3)c3nccn23)cc1.CN(C)C(=O)c1ccc(Nc2ccc(-c3ccc4c(c3)CNC4=O)n3ccnc23)cc1. The topological polar surface area (TPSA) is 215 Å². The third-order valence-electron chi connectivity index (χ3n) is 17.6. The van der Waals surface area contributed by atoms with Crippen LogP contribution in [0.2, 0.25) is 0 Å². The molecule has 0 unspecified atom stereocenters. The van der Waals surface area contributed by atoms with Crippen molar-refractivity contribution in [3.8, 4) is 33.8 Å². The number of benzene rings is 6. The van der Waals surface area contributed by atoms with Crippen LogP contribution in [0.4, 0.5) is 56.9 Å². The number of anilines is 10. The van der Waals surface area contributed by atoms with Crippen LogP contribution in [0.15, 0.2) is 213 Å². The minimum Gasteiger partial charge on any atom is -0.378 e. The van der Waals surface area contributed by atoms with Crippen molar-refractivity contribution in [1.29, 1.82) is 0 Å². The fraction of sp³-hybridized carbons (Fsp3) is 0.208. The number of ether oxygens (including phenoxy) is 1. The van der Waals surface area contributed by atoms with E-state index in [4.69, 9.17) is 4.74 Å². The van der Waals surface area contributed by atoms with Crippen LogP contribution in [-0.2, 0) is 20.9 Å². The third kappa shape index (κ3) is 14.7. The Hall–Kier alpha value is -11.8. The monoisotopic (exact) mass is 1310 g/mol. The summed E-state index contributed by atoms with van der Waals surface area (Å²) in [6.45, 7) is 15.9. The summed E-state index contributed by atoms with van der Waals surface area (Å²) in [7, 11) is 3.47. The lowest BCUT2D eigenvalue weighted by Gasteiger charge is -2.38. The zero-order valence-corrected chi connectivity index (χ0v) is 55.7. The van der Waals surface area contributed by atoms with Crippen molar-refractivity contribution < 1.29 is 23.9 Å². The van der Waals surface area contributed by atoms with Crippen LogP contribution in [0.25, 0.3) is 50.7 Å². The van der Waals surface area contributed by atoms with Gasteiger partial charge in [-0.25, -0.2) is 15.0 Å². The Balaban J connectivity index is 0.000000133. The van der Waals surface area contributed by atoms with E-state index < -0.39 is 0 Å². The molecule has 0 bridgehead atoms. The van der Waals surface area contributed by atoms with Crippen molar-refractivity contribution in [2.24, 2.45) is 0 Å². The van der Waals surface area contributed by atoms with E-state index in [-0.39, 0.29) is 23.6 Å². The molecular weight excluding hydrogens is 1230 g/mol. The molecule has 0 aliphatic carbocycles. The van der Waals surface area contributed by atoms with Gasteiger partial charge in [0.1, 0.15) is 0 Å². The first kappa shape index (κ1) is 64.9. The minimum atomic E-state index is -0.0804. The van der Waals surface area contributed by atoms with Gasteiger partial charge in [0.25, 0.3) is 11.8 Å². The van der Waals surface area contributed by atoms with E-state index in [0.717, 1.165) is 160 Å². The molecule has 6 aromatic heterocycles. The number of fused-ring (bicyclic) bond motifs is 4. The van der Waals surface area contributed by atoms with Crippen molar-refractivity contribution in [1.82, 2.24) is 43.3 Å². The normalized spacial score (nSPS) is 13.6. The highest BCUT2D eigenvalue weighted by Gasteiger charge is 2.22. The fourth-order valence-electron chi connectivity index (χ4n) is 12.5. The summed E-state index contributed by atoms with van der Waals surface area (Å²) < 4.78 is 11.6. The van der Waals surface area contributed by atoms with Gasteiger partial charge >= 0.3 is 0 Å². The van der Waals surface area contributed by atoms with E-state index in [9.17, 15) is 19.2 Å². The molecule has 0 radical (unpaired) electrons. The number of rotatable bonds is 15. The molecule has 15 rings (SSSR count). The summed E-state index contributed by atoms with van der Waals surface area (Å²) in [5.41, 5.74) is 20.8. The van der Waals surface area contributed by atoms with Gasteiger partial charge in [0.15, 0.2) is 16.9 Å². The molecule has 496 valence electrons. The molecule has 12 aromatic rings. The number of nitrogens with zero attached hydrogens (tertiary/aromatic N) is 10. The second-order valence-corrected chi connectivity index (χ2v) is 24.8. The summed E-state index contributed by atoms with van der Waals surface area (Å²) >= 11 is 0. The summed E-state index contributed by atoms with van der Waals surface area (Å²) in [6, 6.07) is 59.0. The van der Waals surface area contributed by atoms with Crippen LogP contribution in [-0.4, -0.2) is 134 Å². The predicted octanol–water partition coefficient (Wildman–Crippen LogP) is 13.5. The number of piperazine rings is 1. The fourth-order valence-corrected chi connectivity index (χ4v) is 12.5. The quantitative estimate of drug-likeness (QED) is 0.0563. The van der Waals surface area contributed by atoms with Gasteiger partial charge in [-0.15, -0.1) is 0 Å². The van der Waals surface area contributed by atoms with E-state index in [0.29, 0.717) is 18.2 Å². The van der Waals surface area contributed by atoms with E-state index >= 15 is 0 Å². The Morgan fingerprint density at radius 2 is 0.878 bits per heavy atom. The largest absolute Gasteiger partial charge is 0.378 e. The average Bonchev–Trinajstić information content (AvgIpc) is 1.56. The lowest BCUT2D eigenvalue weighted by molar-refractivity contribution is -0.115. The minimum absolute atomic E-state index is 0.0211. The van der Waals surface area contributed by atoms with Gasteiger partial charge in [-0.2, -0.15) is 0 Å². The molecular formula is C77H78N16O5. The maximum absolute atomic E-state index is 12.1. The van der Waals surface area contributed by atoms with Crippen molar-refractivity contribution in [2.45, 2.75) is 40.3 Å². The number of hydrogen-bond donors (Lipinski definition) is 6. The van der Waals surface area contributed by atoms with Gasteiger partial charge < -0.3 is 51.3 Å². The van der Waals surface area contributed by atoms with Crippen LogP contribution in [0.3, 0.4) is 0 Å². The molecule has 9 heterocycles. The molecule has 0 saturated carbocycles. The van der Waals surface area contributed by atoms with Crippen molar-refractivity contribution in [3.05, 3.63) is 230 Å². The Bertz CT molecular complexity index is 4820. The van der Waals surface area contributed by atoms with Crippen LogP contribution in [0.1, 0.15) is 54.0 Å². The molecule has 0 atom stereocenters. The van der Waals surface area contributed by atoms with Gasteiger partial charge in [0.2, 0.25) is 11.8 Å². The molecule has 21 nitrogen and oxygen atoms in total. The maximum Gasteiger partial charge on any atom is 0.253 e. The summed E-state index contributed by atoms with van der Waals surface area (Å²) in [6.07, 6.45) is 11.2. The van der Waals surface area contributed by atoms with Crippen LogP contribution >= 0.6 is 0 Å². The molecule has 21 heteroatoms. The highest BCUT2D eigenvalue weighted by Crippen LogP contribution is 2.34. The van der Waals surface area contributed by atoms with Gasteiger partial charge in [0, 0.05) is 168 Å². The average molecular weight is 1310 g/mol. The molecule has 2 saturated heterocycles. The van der Waals surface area contributed by atoms with Gasteiger partial charge in [-0.3, -0.25) is 37.3 Å². The molecule has 0 spiro atoms. The van der Waals surface area contributed by atoms with Crippen molar-refractivity contribution >= 4 is 97.4 Å². The van der Waals surface area contributed by atoms with Gasteiger partial charge in [-0.05, 0) is 182 Å². The number of amides is 4. The van der Waals surface area contributed by atoms with Crippen LogP contribution in [0, 0.1) is 0 Å². The summed E-state index contributed by atoms with van der Waals surface area (Å²) in [4.78, 5) is 69.1. The number of morpholine rings is 1. The Morgan fingerprint density at radius 3 is 1.30 bits per heavy atom. The molecule has 2 fully saturated rings. The highest BCUT2D eigenvalue weighted by molar-refractivity contribution is 5.99. The van der Waals surface area contributed by atoms with Gasteiger partial charge in [-0.1, -0.05) is 30.3 Å². The molecule has 6 aromatic carbocycles. The van der Waals surface area contributed by atoms with Crippen LogP contribution < -0.4 is 41.7 Å². The molecule has 6 N–H and O–H groups in total. The maximum atomic E-state index is 12.1. The third-order valence-corrected chi connectivity index (χ3v) is 17.6. The zero-order chi connectivity index (χ0) is 67.8. The van der Waals surface area contributed by atoms with Crippen molar-refractivity contribution in [2.75, 3.05) is 103 Å². The number of nitrogens with one attached hydrogen (secondary N) is 6. The second-order valence-electron chi connectivity index (χ2n) is 24.8. The highest BCUT2D eigenvalue weighted by atomic mass is 16.5. The first-order chi connectivity index (χ1) is 47.7. The number of imidazole rings is 3. The molecule has 4 amide bonds. The van der Waals surface area contributed by atoms with Crippen molar-refractivity contribution in [3.63, 3.8) is 0 Å². The van der Waals surface area contributed by atoms with E-state index in [2.05, 4.69) is 163 Å². The number of carbonyl (C=O) groups is 4. The van der Waals surface area contributed by atoms with Crippen LogP contribution in [0.5, 0.6) is 0 Å². The number of pyridine rings is 3. The molecule has 3 aliphatic heterocycles. The first-order valence-corrected chi connectivity index (χ1v) is 32.9. The lowest BCUT2D eigenvalue weighted by Crippen LogP contribution is -2.48.